The van der Waals surface area contributed by atoms with Gasteiger partial charge in [-0.3, -0.25) is 9.36 Å². The van der Waals surface area contributed by atoms with Gasteiger partial charge in [0.2, 0.25) is 5.95 Å². The molecule has 19 heavy (non-hydrogen) atoms. The molecular formula is C11H11BrN4O2S. The summed E-state index contributed by atoms with van der Waals surface area (Å²) in [7, 11) is 0. The summed E-state index contributed by atoms with van der Waals surface area (Å²) in [6, 6.07) is 5.71. The van der Waals surface area contributed by atoms with Gasteiger partial charge < -0.3 is 10.8 Å². The molecule has 1 heterocycles. The minimum absolute atomic E-state index is 0.0957. The molecule has 0 fully saturated rings. The van der Waals surface area contributed by atoms with Crippen molar-refractivity contribution in [1.29, 1.82) is 0 Å². The minimum atomic E-state index is -0.915. The molecule has 0 saturated heterocycles. The normalized spacial score (nSPS) is 10.6. The summed E-state index contributed by atoms with van der Waals surface area (Å²) in [4.78, 5) is 10.6. The van der Waals surface area contributed by atoms with Gasteiger partial charge in [-0.25, -0.2) is 0 Å². The molecule has 0 bridgehead atoms. The summed E-state index contributed by atoms with van der Waals surface area (Å²) in [5.41, 5.74) is 7.64. The van der Waals surface area contributed by atoms with Crippen molar-refractivity contribution in [2.45, 2.75) is 12.1 Å². The van der Waals surface area contributed by atoms with Gasteiger partial charge in [-0.2, -0.15) is 0 Å². The molecule has 2 aromatic rings. The molecule has 1 aromatic heterocycles. The number of hydrogen-bond donors (Lipinski definition) is 2. The van der Waals surface area contributed by atoms with Crippen molar-refractivity contribution in [2.75, 3.05) is 11.5 Å². The average Bonchev–Trinajstić information content (AvgIpc) is 2.72. The van der Waals surface area contributed by atoms with E-state index in [1.54, 1.807) is 4.57 Å². The number of rotatable bonds is 4. The first kappa shape index (κ1) is 13.9. The maximum Gasteiger partial charge on any atom is 0.313 e. The van der Waals surface area contributed by atoms with Crippen molar-refractivity contribution in [3.63, 3.8) is 0 Å². The van der Waals surface area contributed by atoms with Gasteiger partial charge in [0.1, 0.15) is 0 Å². The summed E-state index contributed by atoms with van der Waals surface area (Å²) < 4.78 is 2.50. The van der Waals surface area contributed by atoms with Crippen LogP contribution in [0.5, 0.6) is 0 Å². The van der Waals surface area contributed by atoms with Crippen LogP contribution in [0.15, 0.2) is 27.8 Å². The van der Waals surface area contributed by atoms with Gasteiger partial charge in [-0.1, -0.05) is 23.9 Å². The van der Waals surface area contributed by atoms with E-state index in [-0.39, 0.29) is 11.7 Å². The largest absolute Gasteiger partial charge is 0.481 e. The van der Waals surface area contributed by atoms with E-state index in [2.05, 4.69) is 26.1 Å². The van der Waals surface area contributed by atoms with Crippen LogP contribution >= 0.6 is 27.7 Å². The van der Waals surface area contributed by atoms with E-state index >= 15 is 0 Å². The number of nitrogen functional groups attached to an aromatic ring is 1. The molecule has 0 radical (unpaired) electrons. The fourth-order valence-electron chi connectivity index (χ4n) is 1.53. The number of carboxylic acid groups (broad SMARTS) is 1. The van der Waals surface area contributed by atoms with Crippen LogP contribution in [-0.2, 0) is 4.79 Å². The van der Waals surface area contributed by atoms with Crippen LogP contribution in [0.1, 0.15) is 5.56 Å². The Morgan fingerprint density at radius 3 is 2.95 bits per heavy atom. The van der Waals surface area contributed by atoms with Crippen LogP contribution in [0.2, 0.25) is 0 Å². The molecule has 0 unspecified atom stereocenters. The van der Waals surface area contributed by atoms with E-state index in [1.165, 1.54) is 0 Å². The maximum absolute atomic E-state index is 10.6. The van der Waals surface area contributed by atoms with Gasteiger partial charge in [-0.05, 0) is 34.5 Å². The lowest BCUT2D eigenvalue weighted by molar-refractivity contribution is -0.133. The van der Waals surface area contributed by atoms with Crippen LogP contribution in [0, 0.1) is 6.92 Å². The minimum Gasteiger partial charge on any atom is -0.481 e. The van der Waals surface area contributed by atoms with Crippen molar-refractivity contribution in [3.8, 4) is 5.69 Å². The lowest BCUT2D eigenvalue weighted by atomic mass is 10.2. The molecule has 0 saturated carbocycles. The fraction of sp³-hybridized carbons (Fsp3) is 0.182. The first-order valence-electron chi connectivity index (χ1n) is 5.31. The van der Waals surface area contributed by atoms with E-state index in [4.69, 9.17) is 10.8 Å². The Kier molecular flexibility index (Phi) is 4.11. The number of halogens is 1. The highest BCUT2D eigenvalue weighted by Gasteiger charge is 2.16. The van der Waals surface area contributed by atoms with Crippen molar-refractivity contribution in [2.24, 2.45) is 0 Å². The third-order valence-corrected chi connectivity index (χ3v) is 4.34. The van der Waals surface area contributed by atoms with Crippen LogP contribution in [0.4, 0.5) is 5.95 Å². The van der Waals surface area contributed by atoms with E-state index in [0.717, 1.165) is 27.5 Å². The number of nitrogens with two attached hydrogens (primary N) is 1. The van der Waals surface area contributed by atoms with E-state index in [1.807, 2.05) is 25.1 Å². The fourth-order valence-corrected chi connectivity index (χ4v) is 2.65. The van der Waals surface area contributed by atoms with Crippen molar-refractivity contribution in [3.05, 3.63) is 28.2 Å². The van der Waals surface area contributed by atoms with E-state index < -0.39 is 5.97 Å². The highest BCUT2D eigenvalue weighted by molar-refractivity contribution is 9.10. The van der Waals surface area contributed by atoms with Crippen LogP contribution in [0.3, 0.4) is 0 Å². The molecule has 0 spiro atoms. The van der Waals surface area contributed by atoms with Gasteiger partial charge in [0, 0.05) is 4.47 Å². The molecule has 100 valence electrons. The Morgan fingerprint density at radius 2 is 2.26 bits per heavy atom. The molecule has 6 nitrogen and oxygen atoms in total. The Labute approximate surface area is 122 Å². The molecule has 0 aliphatic rings. The van der Waals surface area contributed by atoms with Gasteiger partial charge in [0.25, 0.3) is 0 Å². The van der Waals surface area contributed by atoms with Crippen molar-refractivity contribution >= 4 is 39.6 Å². The number of aromatic nitrogens is 3. The number of carbonyl (C=O) groups is 1. The zero-order valence-electron chi connectivity index (χ0n) is 10.00. The number of nitrogens with zero attached hydrogens (tertiary/aromatic N) is 3. The molecule has 0 atom stereocenters. The Bertz CT molecular complexity index is 629. The topological polar surface area (TPSA) is 94.0 Å². The number of aryl methyl sites for hydroxylation is 1. The average molecular weight is 343 g/mol. The smallest absolute Gasteiger partial charge is 0.313 e. The van der Waals surface area contributed by atoms with Crippen LogP contribution in [-0.4, -0.2) is 31.6 Å². The number of thioether (sulfide) groups is 1. The molecule has 8 heteroatoms. The second-order valence-electron chi connectivity index (χ2n) is 3.77. The second kappa shape index (κ2) is 5.62. The van der Waals surface area contributed by atoms with Gasteiger partial charge in [0.15, 0.2) is 5.16 Å². The molecule has 0 amide bonds. The first-order chi connectivity index (χ1) is 9.00. The van der Waals surface area contributed by atoms with Crippen molar-refractivity contribution < 1.29 is 9.90 Å². The van der Waals surface area contributed by atoms with Gasteiger partial charge >= 0.3 is 5.97 Å². The standard InChI is InChI=1S/C11H11BrN4O2S/c1-6-3-2-4-7(9(6)12)16-10(13)14-15-11(16)19-5-8(17)18/h2-4H,5H2,1H3,(H2,13,14)(H,17,18). The van der Waals surface area contributed by atoms with Gasteiger partial charge in [-0.15, -0.1) is 10.2 Å². The number of carboxylic acids is 1. The Hall–Kier alpha value is -1.54. The Balaban J connectivity index is 2.46. The van der Waals surface area contributed by atoms with Crippen LogP contribution < -0.4 is 5.73 Å². The summed E-state index contributed by atoms with van der Waals surface area (Å²) in [6.45, 7) is 1.96. The number of aliphatic carboxylic acids is 1. The van der Waals surface area contributed by atoms with E-state index in [9.17, 15) is 4.79 Å². The molecule has 2 rings (SSSR count). The first-order valence-corrected chi connectivity index (χ1v) is 7.09. The second-order valence-corrected chi connectivity index (χ2v) is 5.50. The van der Waals surface area contributed by atoms with E-state index in [0.29, 0.717) is 5.16 Å². The lowest BCUT2D eigenvalue weighted by Crippen LogP contribution is -2.05. The number of benzene rings is 1. The quantitative estimate of drug-likeness (QED) is 0.826. The monoisotopic (exact) mass is 342 g/mol. The third-order valence-electron chi connectivity index (χ3n) is 2.40. The van der Waals surface area contributed by atoms with Crippen molar-refractivity contribution in [1.82, 2.24) is 14.8 Å². The molecule has 3 N–H and O–H groups in total. The number of hydrogen-bond acceptors (Lipinski definition) is 5. The summed E-state index contributed by atoms with van der Waals surface area (Å²) in [5.74, 6) is -0.790. The Morgan fingerprint density at radius 1 is 1.53 bits per heavy atom. The zero-order chi connectivity index (χ0) is 14.0. The number of anilines is 1. The van der Waals surface area contributed by atoms with Gasteiger partial charge in [0.05, 0.1) is 11.4 Å². The predicted molar refractivity (Wildman–Crippen MR) is 76.6 cm³/mol. The van der Waals surface area contributed by atoms with Crippen LogP contribution in [0.25, 0.3) is 5.69 Å². The predicted octanol–water partition coefficient (Wildman–Crippen LogP) is 2.10. The highest BCUT2D eigenvalue weighted by atomic mass is 79.9. The molecule has 0 aliphatic carbocycles. The lowest BCUT2D eigenvalue weighted by Gasteiger charge is -2.11. The third kappa shape index (κ3) is 2.90. The summed E-state index contributed by atoms with van der Waals surface area (Å²) >= 11 is 4.57. The highest BCUT2D eigenvalue weighted by Crippen LogP contribution is 2.30. The summed E-state index contributed by atoms with van der Waals surface area (Å²) in [5, 5.41) is 16.9. The molecule has 1 aromatic carbocycles. The molecular weight excluding hydrogens is 332 g/mol. The molecule has 0 aliphatic heterocycles. The SMILES string of the molecule is Cc1cccc(-n2c(N)nnc2SCC(=O)O)c1Br. The summed E-state index contributed by atoms with van der Waals surface area (Å²) in [6.07, 6.45) is 0. The zero-order valence-corrected chi connectivity index (χ0v) is 12.4. The maximum atomic E-state index is 10.6.